The molecule has 0 aliphatic rings. The Hall–Kier alpha value is -3.74. The molecular formula is C23H23FeN5O6S+2. The van der Waals surface area contributed by atoms with E-state index in [9.17, 15) is 9.59 Å². The molecule has 0 radical (unpaired) electrons. The predicted molar refractivity (Wildman–Crippen MR) is 130 cm³/mol. The predicted octanol–water partition coefficient (Wildman–Crippen LogP) is 1.56. The topological polar surface area (TPSA) is 176 Å². The fourth-order valence-corrected chi connectivity index (χ4v) is 2.53. The Balaban J connectivity index is 0.000000983. The number of amides is 2. The normalized spacial score (nSPS) is 11.3. The number of hydrogen-bond acceptors (Lipinski definition) is 8. The van der Waals surface area contributed by atoms with Gasteiger partial charge >= 0.3 is 27.5 Å². The third-order valence-electron chi connectivity index (χ3n) is 4.21. The van der Waals surface area contributed by atoms with Gasteiger partial charge in [0.1, 0.15) is 0 Å². The van der Waals surface area contributed by atoms with Crippen LogP contribution in [-0.4, -0.2) is 45.7 Å². The van der Waals surface area contributed by atoms with E-state index < -0.39 is 10.4 Å². The molecule has 0 fully saturated rings. The van der Waals surface area contributed by atoms with Gasteiger partial charge in [-0.25, -0.2) is 15.8 Å². The number of carbonyl (C=O) groups excluding carboxylic acids is 2. The standard InChI is InChI=1S/C23H21N5O2.Fe.H2O4S/c1-16(25-27-22(29)18-10-5-3-6-11-18)20-14-9-15-21(24-20)17(2)26-28-23(30)19-12-7-4-8-13-19;;1-5(2,3)4/h3-15H,1-2H3,(H,27,29)(H,28,30);;(H2,1,2,3,4)/q;+2;. The first-order valence-corrected chi connectivity index (χ1v) is 11.4. The second kappa shape index (κ2) is 14.6. The van der Waals surface area contributed by atoms with Crippen molar-refractivity contribution in [3.8, 4) is 0 Å². The third-order valence-corrected chi connectivity index (χ3v) is 4.21. The molecule has 1 aromatic heterocycles. The largest absolute Gasteiger partial charge is 2.00 e. The van der Waals surface area contributed by atoms with Gasteiger partial charge in [-0.1, -0.05) is 42.5 Å². The summed E-state index contributed by atoms with van der Waals surface area (Å²) in [7, 11) is -4.67. The fourth-order valence-electron chi connectivity index (χ4n) is 2.53. The van der Waals surface area contributed by atoms with E-state index in [0.29, 0.717) is 33.9 Å². The first-order valence-electron chi connectivity index (χ1n) is 10.0. The maximum atomic E-state index is 12.1. The molecule has 11 nitrogen and oxygen atoms in total. The van der Waals surface area contributed by atoms with Crippen molar-refractivity contribution in [2.45, 2.75) is 13.8 Å². The molecule has 0 aliphatic heterocycles. The van der Waals surface area contributed by atoms with Gasteiger partial charge in [-0.3, -0.25) is 9.59 Å². The van der Waals surface area contributed by atoms with Crippen molar-refractivity contribution in [3.05, 3.63) is 101 Å². The number of benzene rings is 2. The molecule has 0 saturated heterocycles. The summed E-state index contributed by atoms with van der Waals surface area (Å²) >= 11 is 0. The van der Waals surface area contributed by atoms with Crippen LogP contribution in [0.2, 0.25) is 0 Å². The molecule has 13 heteroatoms. The van der Waals surface area contributed by atoms with Crippen LogP contribution in [0.15, 0.2) is 89.1 Å². The van der Waals surface area contributed by atoms with Crippen LogP contribution in [0.4, 0.5) is 0 Å². The molecule has 0 aliphatic carbocycles. The van der Waals surface area contributed by atoms with E-state index in [1.807, 2.05) is 18.2 Å². The molecule has 4 N–H and O–H groups in total. The van der Waals surface area contributed by atoms with E-state index in [-0.39, 0.29) is 28.9 Å². The van der Waals surface area contributed by atoms with Crippen molar-refractivity contribution >= 4 is 33.6 Å². The van der Waals surface area contributed by atoms with Crippen molar-refractivity contribution in [1.29, 1.82) is 0 Å². The van der Waals surface area contributed by atoms with Crippen molar-refractivity contribution in [1.82, 2.24) is 15.8 Å². The average Bonchev–Trinajstić information content (AvgIpc) is 2.85. The summed E-state index contributed by atoms with van der Waals surface area (Å²) in [5.41, 5.74) is 8.36. The minimum atomic E-state index is -4.67. The minimum Gasteiger partial charge on any atom is -0.683 e. The molecule has 36 heavy (non-hydrogen) atoms. The van der Waals surface area contributed by atoms with E-state index in [1.165, 1.54) is 0 Å². The summed E-state index contributed by atoms with van der Waals surface area (Å²) in [5.74, 6) is -0.597. The van der Waals surface area contributed by atoms with E-state index in [0.717, 1.165) is 0 Å². The Morgan fingerprint density at radius 2 is 1.08 bits per heavy atom. The first-order chi connectivity index (χ1) is 16.5. The smallest absolute Gasteiger partial charge is 0.683 e. The molecule has 0 bridgehead atoms. The second-order valence-electron chi connectivity index (χ2n) is 6.87. The number of pyridine rings is 1. The number of aromatic nitrogens is 1. The van der Waals surface area contributed by atoms with Crippen LogP contribution >= 0.6 is 0 Å². The zero-order valence-corrected chi connectivity index (χ0v) is 21.1. The van der Waals surface area contributed by atoms with Gasteiger partial charge in [0.2, 0.25) is 0 Å². The molecule has 0 saturated carbocycles. The number of hydrogen-bond donors (Lipinski definition) is 2. The maximum Gasteiger partial charge on any atom is 2.00 e. The Labute approximate surface area is 218 Å². The van der Waals surface area contributed by atoms with Crippen LogP contribution in [0.3, 0.4) is 0 Å². The van der Waals surface area contributed by atoms with Crippen molar-refractivity contribution in [2.24, 2.45) is 10.2 Å². The molecule has 2 amide bonds. The van der Waals surface area contributed by atoms with Crippen molar-refractivity contribution < 1.29 is 44.2 Å². The van der Waals surface area contributed by atoms with E-state index in [2.05, 4.69) is 26.0 Å². The van der Waals surface area contributed by atoms with Gasteiger partial charge in [0.15, 0.2) is 0 Å². The van der Waals surface area contributed by atoms with Crippen LogP contribution in [0.1, 0.15) is 46.0 Å². The van der Waals surface area contributed by atoms with Gasteiger partial charge < -0.3 is 9.11 Å². The zero-order chi connectivity index (χ0) is 25.8. The molecule has 0 unspecified atom stereocenters. The molecular weight excluding hydrogens is 530 g/mol. The maximum absolute atomic E-state index is 12.1. The van der Waals surface area contributed by atoms with Gasteiger partial charge in [-0.05, 0) is 50.2 Å². The molecule has 2 aromatic carbocycles. The molecule has 0 atom stereocenters. The van der Waals surface area contributed by atoms with E-state index in [4.69, 9.17) is 17.5 Å². The molecule has 188 valence electrons. The minimum absolute atomic E-state index is 0. The van der Waals surface area contributed by atoms with Gasteiger partial charge in [0, 0.05) is 11.1 Å². The summed E-state index contributed by atoms with van der Waals surface area (Å²) < 4.78 is 31.6. The Kier molecular flexibility index (Phi) is 12.3. The summed E-state index contributed by atoms with van der Waals surface area (Å²) in [4.78, 5) is 28.8. The summed E-state index contributed by atoms with van der Waals surface area (Å²) in [6.45, 7) is 3.50. The summed E-state index contributed by atoms with van der Waals surface area (Å²) in [6.07, 6.45) is 0. The molecule has 0 spiro atoms. The van der Waals surface area contributed by atoms with Crippen LogP contribution in [-0.2, 0) is 27.5 Å². The Morgan fingerprint density at radius 1 is 0.750 bits per heavy atom. The number of nitrogens with zero attached hydrogens (tertiary/aromatic N) is 3. The first kappa shape index (κ1) is 30.3. The van der Waals surface area contributed by atoms with Crippen molar-refractivity contribution in [3.63, 3.8) is 0 Å². The third kappa shape index (κ3) is 11.1. The van der Waals surface area contributed by atoms with Gasteiger partial charge in [-0.2, -0.15) is 18.6 Å². The number of hydrazone groups is 2. The van der Waals surface area contributed by atoms with Crippen LogP contribution < -0.4 is 10.9 Å². The van der Waals surface area contributed by atoms with E-state index >= 15 is 0 Å². The summed E-state index contributed by atoms with van der Waals surface area (Å²) in [6, 6.07) is 23.1. The van der Waals surface area contributed by atoms with Gasteiger partial charge in [0.05, 0.1) is 22.8 Å². The van der Waals surface area contributed by atoms with Crippen LogP contribution in [0.5, 0.6) is 0 Å². The van der Waals surface area contributed by atoms with Gasteiger partial charge in [-0.15, -0.1) is 0 Å². The Bertz CT molecular complexity index is 1240. The van der Waals surface area contributed by atoms with E-state index in [1.54, 1.807) is 74.5 Å². The molecule has 3 rings (SSSR count). The number of carbonyl (C=O) groups is 2. The van der Waals surface area contributed by atoms with Crippen LogP contribution in [0, 0.1) is 0 Å². The Morgan fingerprint density at radius 3 is 1.42 bits per heavy atom. The average molecular weight is 553 g/mol. The van der Waals surface area contributed by atoms with Gasteiger partial charge in [0.25, 0.3) is 11.8 Å². The fraction of sp³-hybridized carbons (Fsp3) is 0.0870. The zero-order valence-electron chi connectivity index (χ0n) is 19.2. The van der Waals surface area contributed by atoms with Crippen LogP contribution in [0.25, 0.3) is 0 Å². The monoisotopic (exact) mass is 553 g/mol. The quantitative estimate of drug-likeness (QED) is 0.117. The summed E-state index contributed by atoms with van der Waals surface area (Å²) in [5, 5.41) is 8.26. The number of nitrogens with one attached hydrogen (secondary N) is 2. The number of rotatable bonds is 6. The molecule has 1 heterocycles. The van der Waals surface area contributed by atoms with Crippen molar-refractivity contribution in [2.75, 3.05) is 0 Å². The second-order valence-corrected chi connectivity index (χ2v) is 7.78. The molecule has 3 aromatic rings. The SMILES string of the molecule is CC(=NNC(=O)c1ccccc1)c1cccc(C(C)=NNC(=O)c2ccccc2)n1.O=S(=O)([O-])[OH2+].[Fe+2].